The number of carbonyl (C=O) groups excluding carboxylic acids is 3. The Labute approximate surface area is 173 Å². The first-order valence-corrected chi connectivity index (χ1v) is 11.2. The lowest BCUT2D eigenvalue weighted by Crippen LogP contribution is -2.59. The summed E-state index contributed by atoms with van der Waals surface area (Å²) >= 11 is 0. The summed E-state index contributed by atoms with van der Waals surface area (Å²) in [5.41, 5.74) is -0.304. The molecule has 0 saturated heterocycles. The van der Waals surface area contributed by atoms with Crippen molar-refractivity contribution in [2.45, 2.75) is 78.2 Å². The summed E-state index contributed by atoms with van der Waals surface area (Å²) in [7, 11) is 0. The minimum absolute atomic E-state index is 0.00824. The van der Waals surface area contributed by atoms with E-state index in [-0.39, 0.29) is 46.8 Å². The van der Waals surface area contributed by atoms with Gasteiger partial charge in [-0.1, -0.05) is 19.4 Å². The number of ether oxygens (including phenoxy) is 1. The first kappa shape index (κ1) is 20.8. The smallest absolute Gasteiger partial charge is 0.303 e. The second kappa shape index (κ2) is 6.76. The van der Waals surface area contributed by atoms with E-state index in [1.165, 1.54) is 6.92 Å². The molecule has 3 fully saturated rings. The Kier molecular flexibility index (Phi) is 4.84. The molecule has 0 aromatic heterocycles. The number of hydrogen-bond acceptors (Lipinski definition) is 5. The van der Waals surface area contributed by atoms with E-state index in [0.717, 1.165) is 37.7 Å². The van der Waals surface area contributed by atoms with Crippen molar-refractivity contribution in [3.63, 3.8) is 0 Å². The van der Waals surface area contributed by atoms with E-state index in [1.807, 2.05) is 6.08 Å². The Bertz CT molecular complexity index is 784. The predicted molar refractivity (Wildman–Crippen MR) is 108 cm³/mol. The first-order valence-electron chi connectivity index (χ1n) is 11.2. The van der Waals surface area contributed by atoms with Crippen LogP contribution in [0.1, 0.15) is 72.6 Å². The van der Waals surface area contributed by atoms with E-state index >= 15 is 0 Å². The van der Waals surface area contributed by atoms with Crippen molar-refractivity contribution >= 4 is 17.5 Å². The van der Waals surface area contributed by atoms with Gasteiger partial charge < -0.3 is 9.84 Å². The second-order valence-electron chi connectivity index (χ2n) is 10.4. The van der Waals surface area contributed by atoms with Crippen molar-refractivity contribution < 1.29 is 24.2 Å². The SMILES string of the molecule is CC(=O)O[C@@]1(C(C)=O)CC[C@@H]2[C@H]3CC(CO)C4=CC(=O)CC[C@@]4(C)[C@@H]3CC[C@]21C. The van der Waals surface area contributed by atoms with Crippen molar-refractivity contribution in [1.82, 2.24) is 0 Å². The van der Waals surface area contributed by atoms with Crippen LogP contribution in [0.4, 0.5) is 0 Å². The molecule has 4 aliphatic carbocycles. The molecule has 5 heteroatoms. The van der Waals surface area contributed by atoms with Crippen LogP contribution in [0, 0.1) is 34.5 Å². The zero-order chi connectivity index (χ0) is 21.2. The van der Waals surface area contributed by atoms with Crippen LogP contribution in [-0.2, 0) is 19.1 Å². The molecule has 4 aliphatic rings. The fourth-order valence-electron chi connectivity index (χ4n) is 8.02. The molecule has 0 radical (unpaired) electrons. The zero-order valence-corrected chi connectivity index (χ0v) is 18.1. The third-order valence-electron chi connectivity index (χ3n) is 9.35. The van der Waals surface area contributed by atoms with Gasteiger partial charge in [0, 0.05) is 31.3 Å². The summed E-state index contributed by atoms with van der Waals surface area (Å²) in [6.07, 6.45) is 7.38. The number of rotatable bonds is 3. The van der Waals surface area contributed by atoms with Crippen molar-refractivity contribution in [3.8, 4) is 0 Å². The topological polar surface area (TPSA) is 80.7 Å². The molecule has 7 atom stereocenters. The number of esters is 1. The van der Waals surface area contributed by atoms with Gasteiger partial charge in [-0.2, -0.15) is 0 Å². The lowest BCUT2D eigenvalue weighted by molar-refractivity contribution is -0.188. The van der Waals surface area contributed by atoms with E-state index < -0.39 is 5.60 Å². The van der Waals surface area contributed by atoms with Gasteiger partial charge in [-0.15, -0.1) is 0 Å². The van der Waals surface area contributed by atoms with Crippen LogP contribution in [0.5, 0.6) is 0 Å². The number of hydrogen-bond donors (Lipinski definition) is 1. The minimum Gasteiger partial charge on any atom is -0.451 e. The molecule has 1 N–H and O–H groups in total. The number of aliphatic hydroxyl groups is 1. The highest BCUT2D eigenvalue weighted by Crippen LogP contribution is 2.69. The fraction of sp³-hybridized carbons (Fsp3) is 0.792. The van der Waals surface area contributed by atoms with Gasteiger partial charge in [-0.05, 0) is 74.7 Å². The van der Waals surface area contributed by atoms with E-state index in [9.17, 15) is 19.5 Å². The first-order chi connectivity index (χ1) is 13.6. The Morgan fingerprint density at radius 3 is 2.45 bits per heavy atom. The Balaban J connectivity index is 1.75. The van der Waals surface area contributed by atoms with Gasteiger partial charge in [0.1, 0.15) is 0 Å². The monoisotopic (exact) mass is 402 g/mol. The van der Waals surface area contributed by atoms with Crippen LogP contribution < -0.4 is 0 Å². The maximum Gasteiger partial charge on any atom is 0.303 e. The molecule has 0 spiro atoms. The summed E-state index contributed by atoms with van der Waals surface area (Å²) < 4.78 is 5.82. The molecule has 5 nitrogen and oxygen atoms in total. The molecule has 0 amide bonds. The van der Waals surface area contributed by atoms with Gasteiger partial charge >= 0.3 is 5.97 Å². The van der Waals surface area contributed by atoms with Crippen LogP contribution in [0.3, 0.4) is 0 Å². The minimum atomic E-state index is -1.03. The average Bonchev–Trinajstić information content (AvgIpc) is 2.95. The molecule has 1 unspecified atom stereocenters. The highest BCUT2D eigenvalue weighted by molar-refractivity contribution is 5.92. The van der Waals surface area contributed by atoms with Crippen LogP contribution in [0.2, 0.25) is 0 Å². The molecule has 4 rings (SSSR count). The zero-order valence-electron chi connectivity index (χ0n) is 18.1. The van der Waals surface area contributed by atoms with E-state index in [1.54, 1.807) is 6.92 Å². The number of ketones is 2. The molecular weight excluding hydrogens is 368 g/mol. The van der Waals surface area contributed by atoms with Crippen molar-refractivity contribution in [2.75, 3.05) is 6.61 Å². The molecule has 0 aromatic carbocycles. The number of carbonyl (C=O) groups is 3. The summed E-state index contributed by atoms with van der Waals surface area (Å²) in [6, 6.07) is 0. The molecule has 29 heavy (non-hydrogen) atoms. The van der Waals surface area contributed by atoms with Gasteiger partial charge in [0.05, 0.1) is 0 Å². The van der Waals surface area contributed by atoms with Gasteiger partial charge in [0.25, 0.3) is 0 Å². The number of Topliss-reactive ketones (excluding diaryl/α,β-unsaturated/α-hetero) is 1. The van der Waals surface area contributed by atoms with Crippen molar-refractivity contribution in [1.29, 1.82) is 0 Å². The predicted octanol–water partition coefficient (Wildman–Crippen LogP) is 3.63. The van der Waals surface area contributed by atoms with Crippen LogP contribution in [-0.4, -0.2) is 34.9 Å². The quantitative estimate of drug-likeness (QED) is 0.729. The fourth-order valence-corrected chi connectivity index (χ4v) is 8.02. The van der Waals surface area contributed by atoms with Gasteiger partial charge in [0.15, 0.2) is 17.2 Å². The van der Waals surface area contributed by atoms with E-state index in [4.69, 9.17) is 4.74 Å². The van der Waals surface area contributed by atoms with Crippen molar-refractivity contribution in [3.05, 3.63) is 11.6 Å². The summed E-state index contributed by atoms with van der Waals surface area (Å²) in [6.45, 7) is 7.45. The molecule has 0 aromatic rings. The summed E-state index contributed by atoms with van der Waals surface area (Å²) in [4.78, 5) is 36.9. The maximum absolute atomic E-state index is 12.8. The summed E-state index contributed by atoms with van der Waals surface area (Å²) in [5.74, 6) is 0.871. The maximum atomic E-state index is 12.8. The van der Waals surface area contributed by atoms with Gasteiger partial charge in [-0.25, -0.2) is 0 Å². The number of fused-ring (bicyclic) bond motifs is 5. The summed E-state index contributed by atoms with van der Waals surface area (Å²) in [5, 5.41) is 10.2. The van der Waals surface area contributed by atoms with Gasteiger partial charge in [-0.3, -0.25) is 14.4 Å². The lowest BCUT2D eigenvalue weighted by Gasteiger charge is -2.60. The molecule has 3 saturated carbocycles. The van der Waals surface area contributed by atoms with Crippen molar-refractivity contribution in [2.24, 2.45) is 34.5 Å². The molecule has 160 valence electrons. The molecule has 0 bridgehead atoms. The average molecular weight is 403 g/mol. The highest BCUT2D eigenvalue weighted by atomic mass is 16.6. The van der Waals surface area contributed by atoms with Crippen LogP contribution in [0.25, 0.3) is 0 Å². The number of aliphatic hydroxyl groups excluding tert-OH is 1. The Morgan fingerprint density at radius 1 is 1.14 bits per heavy atom. The van der Waals surface area contributed by atoms with E-state index in [2.05, 4.69) is 13.8 Å². The Hall–Kier alpha value is -1.49. The Morgan fingerprint density at radius 2 is 1.83 bits per heavy atom. The van der Waals surface area contributed by atoms with E-state index in [0.29, 0.717) is 24.7 Å². The normalized spacial score (nSPS) is 46.2. The third kappa shape index (κ3) is 2.72. The standard InChI is InChI=1S/C24H34O5/c1-14(26)24(29-15(2)27)10-7-20-18-11-16(13-25)21-12-17(28)5-8-22(21,3)19(18)6-9-23(20,24)4/h12,16,18-20,25H,5-11,13H2,1-4H3/t16?,18-,19+,20+,22-,23+,24+/m0/s1. The molecule has 0 aliphatic heterocycles. The largest absolute Gasteiger partial charge is 0.451 e. The van der Waals surface area contributed by atoms with Crippen LogP contribution in [0.15, 0.2) is 11.6 Å². The highest BCUT2D eigenvalue weighted by Gasteiger charge is 2.68. The second-order valence-corrected chi connectivity index (χ2v) is 10.4. The third-order valence-corrected chi connectivity index (χ3v) is 9.35. The lowest BCUT2D eigenvalue weighted by atomic mass is 9.44. The molecule has 0 heterocycles. The van der Waals surface area contributed by atoms with Gasteiger partial charge in [0.2, 0.25) is 0 Å². The molecular formula is C24H34O5. The van der Waals surface area contributed by atoms with Crippen LogP contribution >= 0.6 is 0 Å².